The van der Waals surface area contributed by atoms with E-state index in [0.717, 1.165) is 35.5 Å². The van der Waals surface area contributed by atoms with Gasteiger partial charge in [-0.1, -0.05) is 107 Å². The molecule has 0 saturated carbocycles. The zero-order valence-electron chi connectivity index (χ0n) is 33.0. The van der Waals surface area contributed by atoms with E-state index in [1.165, 1.54) is 0 Å². The maximum atomic E-state index is 9.41. The molecular formula is C42H70O7. The molecule has 49 heavy (non-hydrogen) atoms. The Morgan fingerprint density at radius 3 is 1.00 bits per heavy atom. The van der Waals surface area contributed by atoms with Gasteiger partial charge in [0.1, 0.15) is 11.5 Å². The van der Waals surface area contributed by atoms with Crippen LogP contribution in [0, 0.1) is 32.5 Å². The van der Waals surface area contributed by atoms with Gasteiger partial charge in [0.15, 0.2) is 0 Å². The van der Waals surface area contributed by atoms with Crippen molar-refractivity contribution in [3.05, 3.63) is 59.7 Å². The Hall–Kier alpha value is -2.16. The number of ether oxygens (including phenoxy) is 5. The van der Waals surface area contributed by atoms with Crippen molar-refractivity contribution in [2.45, 2.75) is 109 Å². The first-order chi connectivity index (χ1) is 22.6. The topological polar surface area (TPSA) is 86.6 Å². The molecule has 7 heteroatoms. The molecule has 0 saturated heterocycles. The molecule has 2 rings (SSSR count). The Labute approximate surface area is 299 Å². The summed E-state index contributed by atoms with van der Waals surface area (Å²) in [6.07, 6.45) is 1.88. The average molecular weight is 687 g/mol. The fraction of sp³-hybridized carbons (Fsp3) is 0.714. The third-order valence-electron chi connectivity index (χ3n) is 9.66. The second-order valence-corrected chi connectivity index (χ2v) is 18.4. The standard InChI is InChI=1S/C42H70O7/c1-37(2,3)27-41(39(7,8)9,31-48-35-17-13-33(25-43)14-18-35)29-46-23-21-45-22-24-47-30-42(40(10,11)12,28-38(4,5)6)32-49-36-19-15-34(26-44)16-20-36/h13-20,43-44H,21-32H2,1-12H3. The largest absolute Gasteiger partial charge is 0.493 e. The van der Waals surface area contributed by atoms with Gasteiger partial charge in [0.25, 0.3) is 0 Å². The van der Waals surface area contributed by atoms with E-state index in [0.29, 0.717) is 52.9 Å². The maximum absolute atomic E-state index is 9.41. The number of rotatable bonds is 20. The minimum Gasteiger partial charge on any atom is -0.493 e. The van der Waals surface area contributed by atoms with Crippen LogP contribution < -0.4 is 9.47 Å². The van der Waals surface area contributed by atoms with Gasteiger partial charge in [-0.3, -0.25) is 0 Å². The molecule has 0 bridgehead atoms. The summed E-state index contributed by atoms with van der Waals surface area (Å²) >= 11 is 0. The number of benzene rings is 2. The van der Waals surface area contributed by atoms with Gasteiger partial charge in [0, 0.05) is 10.8 Å². The fourth-order valence-corrected chi connectivity index (χ4v) is 6.41. The number of aliphatic hydroxyl groups excluding tert-OH is 2. The quantitative estimate of drug-likeness (QED) is 0.134. The molecule has 0 amide bonds. The smallest absolute Gasteiger partial charge is 0.119 e. The second kappa shape index (κ2) is 18.4. The van der Waals surface area contributed by atoms with Crippen LogP contribution in [-0.4, -0.2) is 63.1 Å². The summed E-state index contributed by atoms with van der Waals surface area (Å²) in [5.41, 5.74) is 1.31. The second-order valence-electron chi connectivity index (χ2n) is 18.4. The van der Waals surface area contributed by atoms with Gasteiger partial charge in [-0.15, -0.1) is 0 Å². The molecule has 0 aromatic heterocycles. The van der Waals surface area contributed by atoms with Gasteiger partial charge in [-0.2, -0.15) is 0 Å². The Balaban J connectivity index is 1.95. The van der Waals surface area contributed by atoms with Gasteiger partial charge < -0.3 is 33.9 Å². The molecule has 280 valence electrons. The molecule has 0 spiro atoms. The summed E-state index contributed by atoms with van der Waals surface area (Å²) in [4.78, 5) is 0. The van der Waals surface area contributed by atoms with E-state index in [4.69, 9.17) is 23.7 Å². The predicted octanol–water partition coefficient (Wildman–Crippen LogP) is 9.12. The van der Waals surface area contributed by atoms with Crippen molar-refractivity contribution < 1.29 is 33.9 Å². The Bertz CT molecular complexity index is 1100. The van der Waals surface area contributed by atoms with Crippen molar-refractivity contribution in [3.63, 3.8) is 0 Å². The fourth-order valence-electron chi connectivity index (χ4n) is 6.41. The van der Waals surface area contributed by atoms with Crippen LogP contribution in [0.3, 0.4) is 0 Å². The maximum Gasteiger partial charge on any atom is 0.119 e. The van der Waals surface area contributed by atoms with Crippen LogP contribution in [0.1, 0.15) is 107 Å². The van der Waals surface area contributed by atoms with E-state index >= 15 is 0 Å². The van der Waals surface area contributed by atoms with Crippen LogP contribution in [0.4, 0.5) is 0 Å². The van der Waals surface area contributed by atoms with Crippen LogP contribution in [0.15, 0.2) is 48.5 Å². The molecule has 0 aliphatic rings. The van der Waals surface area contributed by atoms with E-state index in [1.807, 2.05) is 48.5 Å². The molecule has 2 N–H and O–H groups in total. The lowest BCUT2D eigenvalue weighted by Crippen LogP contribution is -2.47. The molecular weight excluding hydrogens is 616 g/mol. The first kappa shape index (κ1) is 43.0. The van der Waals surface area contributed by atoms with Crippen LogP contribution in [0.5, 0.6) is 11.5 Å². The molecule has 2 aromatic rings. The van der Waals surface area contributed by atoms with Crippen molar-refractivity contribution in [3.8, 4) is 11.5 Å². The first-order valence-corrected chi connectivity index (χ1v) is 18.0. The van der Waals surface area contributed by atoms with E-state index < -0.39 is 0 Å². The zero-order chi connectivity index (χ0) is 37.0. The minimum absolute atomic E-state index is 0.0186. The Morgan fingerprint density at radius 1 is 0.429 bits per heavy atom. The summed E-state index contributed by atoms with van der Waals surface area (Å²) in [7, 11) is 0. The van der Waals surface area contributed by atoms with Crippen molar-refractivity contribution >= 4 is 0 Å². The number of aliphatic hydroxyl groups is 2. The summed E-state index contributed by atoms with van der Waals surface area (Å²) in [6.45, 7) is 31.4. The minimum atomic E-state index is -0.226. The summed E-state index contributed by atoms with van der Waals surface area (Å²) in [5.74, 6) is 1.59. The lowest BCUT2D eigenvalue weighted by Gasteiger charge is -2.47. The first-order valence-electron chi connectivity index (χ1n) is 18.0. The lowest BCUT2D eigenvalue weighted by molar-refractivity contribution is -0.0955. The van der Waals surface area contributed by atoms with Crippen molar-refractivity contribution in [1.82, 2.24) is 0 Å². The Kier molecular flexibility index (Phi) is 16.1. The molecule has 0 radical (unpaired) electrons. The third kappa shape index (κ3) is 14.5. The van der Waals surface area contributed by atoms with E-state index in [-0.39, 0.29) is 45.7 Å². The molecule has 7 nitrogen and oxygen atoms in total. The van der Waals surface area contributed by atoms with Gasteiger partial charge in [0.05, 0.1) is 66.1 Å². The van der Waals surface area contributed by atoms with Crippen LogP contribution >= 0.6 is 0 Å². The third-order valence-corrected chi connectivity index (χ3v) is 9.66. The lowest BCUT2D eigenvalue weighted by atomic mass is 9.61. The molecule has 0 heterocycles. The Morgan fingerprint density at radius 2 is 0.735 bits per heavy atom. The number of hydrogen-bond donors (Lipinski definition) is 2. The average Bonchev–Trinajstić information content (AvgIpc) is 2.99. The van der Waals surface area contributed by atoms with Crippen LogP contribution in [0.2, 0.25) is 0 Å². The molecule has 2 unspecified atom stereocenters. The summed E-state index contributed by atoms with van der Waals surface area (Å²) < 4.78 is 31.4. The van der Waals surface area contributed by atoms with Crippen molar-refractivity contribution in [1.29, 1.82) is 0 Å². The van der Waals surface area contributed by atoms with Gasteiger partial charge >= 0.3 is 0 Å². The van der Waals surface area contributed by atoms with E-state index in [2.05, 4.69) is 83.1 Å². The summed E-state index contributed by atoms with van der Waals surface area (Å²) in [5, 5.41) is 18.8. The monoisotopic (exact) mass is 687 g/mol. The van der Waals surface area contributed by atoms with Crippen LogP contribution in [0.25, 0.3) is 0 Å². The van der Waals surface area contributed by atoms with Crippen molar-refractivity contribution in [2.24, 2.45) is 32.5 Å². The van der Waals surface area contributed by atoms with Gasteiger partial charge in [-0.05, 0) is 69.9 Å². The molecule has 2 aromatic carbocycles. The van der Waals surface area contributed by atoms with Gasteiger partial charge in [-0.25, -0.2) is 0 Å². The number of hydrogen-bond acceptors (Lipinski definition) is 7. The highest BCUT2D eigenvalue weighted by Crippen LogP contribution is 2.48. The highest BCUT2D eigenvalue weighted by molar-refractivity contribution is 5.28. The van der Waals surface area contributed by atoms with Crippen molar-refractivity contribution in [2.75, 3.05) is 52.9 Å². The molecule has 0 aliphatic heterocycles. The zero-order valence-corrected chi connectivity index (χ0v) is 33.0. The highest BCUT2D eigenvalue weighted by Gasteiger charge is 2.47. The van der Waals surface area contributed by atoms with Crippen LogP contribution in [-0.2, 0) is 27.4 Å². The van der Waals surface area contributed by atoms with E-state index in [9.17, 15) is 10.2 Å². The molecule has 0 fully saturated rings. The predicted molar refractivity (Wildman–Crippen MR) is 200 cm³/mol. The SMILES string of the molecule is CC(C)(C)CC(COCCOCCOCC(COc1ccc(CO)cc1)(CC(C)(C)C)C(C)(C)C)(COc1ccc(CO)cc1)C(C)(C)C. The highest BCUT2D eigenvalue weighted by atomic mass is 16.5. The van der Waals surface area contributed by atoms with Gasteiger partial charge in [0.2, 0.25) is 0 Å². The van der Waals surface area contributed by atoms with E-state index in [1.54, 1.807) is 0 Å². The molecule has 0 aliphatic carbocycles. The molecule has 2 atom stereocenters. The normalized spacial score (nSPS) is 15.5. The summed E-state index contributed by atoms with van der Waals surface area (Å²) in [6, 6.07) is 15.3.